The summed E-state index contributed by atoms with van der Waals surface area (Å²) in [7, 11) is 4.32. The fourth-order valence-electron chi connectivity index (χ4n) is 2.19. The van der Waals surface area contributed by atoms with E-state index in [0.717, 1.165) is 32.2 Å². The van der Waals surface area contributed by atoms with E-state index >= 15 is 0 Å². The lowest BCUT2D eigenvalue weighted by molar-refractivity contribution is 0.182. The van der Waals surface area contributed by atoms with Crippen molar-refractivity contribution in [1.82, 2.24) is 10.2 Å². The van der Waals surface area contributed by atoms with E-state index < -0.39 is 0 Å². The zero-order valence-electron chi connectivity index (χ0n) is 10.6. The quantitative estimate of drug-likeness (QED) is 0.719. The number of hydrogen-bond donors (Lipinski definition) is 1. The van der Waals surface area contributed by atoms with Gasteiger partial charge in [-0.25, -0.2) is 0 Å². The van der Waals surface area contributed by atoms with E-state index in [0.29, 0.717) is 12.0 Å². The van der Waals surface area contributed by atoms with Gasteiger partial charge in [0.1, 0.15) is 0 Å². The third-order valence-corrected chi connectivity index (χ3v) is 3.24. The lowest BCUT2D eigenvalue weighted by atomic mass is 10.0. The minimum atomic E-state index is 0.632. The van der Waals surface area contributed by atoms with Gasteiger partial charge in [0.15, 0.2) is 0 Å². The molecule has 1 rings (SSSR count). The molecular formula is C12H26N2O. The third kappa shape index (κ3) is 4.49. The highest BCUT2D eigenvalue weighted by atomic mass is 16.5. The van der Waals surface area contributed by atoms with Gasteiger partial charge < -0.3 is 15.0 Å². The van der Waals surface area contributed by atoms with Crippen molar-refractivity contribution in [3.05, 3.63) is 0 Å². The minimum Gasteiger partial charge on any atom is -0.381 e. The van der Waals surface area contributed by atoms with E-state index in [1.165, 1.54) is 6.42 Å². The highest BCUT2D eigenvalue weighted by Gasteiger charge is 2.18. The molecule has 1 aliphatic heterocycles. The monoisotopic (exact) mass is 214 g/mol. The molecule has 15 heavy (non-hydrogen) atoms. The molecule has 0 aromatic rings. The van der Waals surface area contributed by atoms with Crippen molar-refractivity contribution in [2.24, 2.45) is 11.8 Å². The number of rotatable bonds is 6. The van der Waals surface area contributed by atoms with Gasteiger partial charge in [-0.3, -0.25) is 0 Å². The van der Waals surface area contributed by atoms with E-state index in [4.69, 9.17) is 4.74 Å². The second kappa shape index (κ2) is 6.46. The molecule has 0 bridgehead atoms. The number of likely N-dealkylation sites (N-methyl/N-ethyl adjacent to an activating group) is 1. The van der Waals surface area contributed by atoms with E-state index in [-0.39, 0.29) is 0 Å². The zero-order valence-corrected chi connectivity index (χ0v) is 10.6. The summed E-state index contributed by atoms with van der Waals surface area (Å²) < 4.78 is 5.36. The topological polar surface area (TPSA) is 24.5 Å². The molecule has 3 nitrogen and oxygen atoms in total. The van der Waals surface area contributed by atoms with Gasteiger partial charge in [-0.2, -0.15) is 0 Å². The maximum Gasteiger partial charge on any atom is 0.0507 e. The molecule has 3 heteroatoms. The fraction of sp³-hybridized carbons (Fsp3) is 1.00. The van der Waals surface area contributed by atoms with Crippen LogP contribution in [0.15, 0.2) is 0 Å². The van der Waals surface area contributed by atoms with Crippen molar-refractivity contribution >= 4 is 0 Å². The highest BCUT2D eigenvalue weighted by molar-refractivity contribution is 4.74. The second-order valence-electron chi connectivity index (χ2n) is 5.16. The van der Waals surface area contributed by atoms with Crippen LogP contribution in [0.3, 0.4) is 0 Å². The largest absolute Gasteiger partial charge is 0.381 e. The van der Waals surface area contributed by atoms with Gasteiger partial charge in [0.05, 0.1) is 6.61 Å². The molecule has 0 amide bonds. The van der Waals surface area contributed by atoms with E-state index in [1.807, 2.05) is 0 Å². The van der Waals surface area contributed by atoms with Crippen LogP contribution < -0.4 is 5.32 Å². The van der Waals surface area contributed by atoms with Gasteiger partial charge in [0.2, 0.25) is 0 Å². The van der Waals surface area contributed by atoms with Gasteiger partial charge in [0, 0.05) is 25.7 Å². The van der Waals surface area contributed by atoms with Gasteiger partial charge in [0.25, 0.3) is 0 Å². The molecule has 1 heterocycles. The van der Waals surface area contributed by atoms with Gasteiger partial charge in [-0.05, 0) is 32.4 Å². The Morgan fingerprint density at radius 2 is 2.13 bits per heavy atom. The molecule has 1 fully saturated rings. The predicted molar refractivity (Wildman–Crippen MR) is 64.1 cm³/mol. The van der Waals surface area contributed by atoms with Crippen LogP contribution in [0.5, 0.6) is 0 Å². The van der Waals surface area contributed by atoms with Crippen molar-refractivity contribution in [2.75, 3.05) is 40.4 Å². The van der Waals surface area contributed by atoms with Crippen LogP contribution in [0.2, 0.25) is 0 Å². The standard InChI is InChI=1S/C12H26N2O/c1-10(2)12(14(3)4)8-13-7-11-5-6-15-9-11/h10-13H,5-9H2,1-4H3. The average molecular weight is 214 g/mol. The molecule has 2 atom stereocenters. The van der Waals surface area contributed by atoms with E-state index in [1.54, 1.807) is 0 Å². The summed E-state index contributed by atoms with van der Waals surface area (Å²) in [6, 6.07) is 0.632. The fourth-order valence-corrected chi connectivity index (χ4v) is 2.19. The molecule has 90 valence electrons. The first-order chi connectivity index (χ1) is 7.11. The Bertz CT molecular complexity index is 157. The molecule has 1 N–H and O–H groups in total. The summed E-state index contributed by atoms with van der Waals surface area (Å²) >= 11 is 0. The molecule has 0 aromatic carbocycles. The Balaban J connectivity index is 2.15. The minimum absolute atomic E-state index is 0.632. The highest BCUT2D eigenvalue weighted by Crippen LogP contribution is 2.11. The van der Waals surface area contributed by atoms with Crippen LogP contribution in [0.1, 0.15) is 20.3 Å². The summed E-state index contributed by atoms with van der Waals surface area (Å²) in [5.74, 6) is 1.44. The molecule has 0 aliphatic carbocycles. The van der Waals surface area contributed by atoms with Crippen LogP contribution in [-0.4, -0.2) is 51.3 Å². The summed E-state index contributed by atoms with van der Waals surface area (Å²) in [5, 5.41) is 3.57. The second-order valence-corrected chi connectivity index (χ2v) is 5.16. The smallest absolute Gasteiger partial charge is 0.0507 e. The average Bonchev–Trinajstić information content (AvgIpc) is 2.63. The Labute approximate surface area is 94.2 Å². The molecule has 1 aliphatic rings. The van der Waals surface area contributed by atoms with Gasteiger partial charge in [-0.15, -0.1) is 0 Å². The van der Waals surface area contributed by atoms with Crippen molar-refractivity contribution in [3.8, 4) is 0 Å². The van der Waals surface area contributed by atoms with Crippen LogP contribution in [0, 0.1) is 11.8 Å². The maximum absolute atomic E-state index is 5.36. The summed E-state index contributed by atoms with van der Waals surface area (Å²) in [4.78, 5) is 2.31. The summed E-state index contributed by atoms with van der Waals surface area (Å²) in [5.41, 5.74) is 0. The SMILES string of the molecule is CC(C)C(CNCC1CCOC1)N(C)C. The van der Waals surface area contributed by atoms with E-state index in [2.05, 4.69) is 38.2 Å². The molecular weight excluding hydrogens is 188 g/mol. The van der Waals surface area contributed by atoms with Gasteiger partial charge >= 0.3 is 0 Å². The van der Waals surface area contributed by atoms with Crippen LogP contribution in [0.4, 0.5) is 0 Å². The number of nitrogens with zero attached hydrogens (tertiary/aromatic N) is 1. The predicted octanol–water partition coefficient (Wildman–Crippen LogP) is 1.20. The third-order valence-electron chi connectivity index (χ3n) is 3.24. The van der Waals surface area contributed by atoms with Crippen LogP contribution >= 0.6 is 0 Å². The first kappa shape index (κ1) is 12.9. The van der Waals surface area contributed by atoms with Crippen molar-refractivity contribution < 1.29 is 4.74 Å². The molecule has 0 saturated carbocycles. The van der Waals surface area contributed by atoms with Crippen molar-refractivity contribution in [2.45, 2.75) is 26.3 Å². The molecule has 1 saturated heterocycles. The number of hydrogen-bond acceptors (Lipinski definition) is 3. The lowest BCUT2D eigenvalue weighted by Crippen LogP contribution is -2.42. The Kier molecular flexibility index (Phi) is 5.58. The van der Waals surface area contributed by atoms with Crippen LogP contribution in [0.25, 0.3) is 0 Å². The van der Waals surface area contributed by atoms with Gasteiger partial charge in [-0.1, -0.05) is 13.8 Å². The first-order valence-electron chi connectivity index (χ1n) is 6.06. The Morgan fingerprint density at radius 1 is 1.40 bits per heavy atom. The molecule has 0 radical (unpaired) electrons. The van der Waals surface area contributed by atoms with Crippen LogP contribution in [-0.2, 0) is 4.74 Å². The van der Waals surface area contributed by atoms with Crippen molar-refractivity contribution in [1.29, 1.82) is 0 Å². The number of ether oxygens (including phenoxy) is 1. The molecule has 2 unspecified atom stereocenters. The lowest BCUT2D eigenvalue weighted by Gasteiger charge is -2.28. The Hall–Kier alpha value is -0.120. The van der Waals surface area contributed by atoms with Crippen molar-refractivity contribution in [3.63, 3.8) is 0 Å². The summed E-state index contributed by atoms with van der Waals surface area (Å²) in [6.45, 7) is 8.66. The Morgan fingerprint density at radius 3 is 2.60 bits per heavy atom. The molecule has 0 spiro atoms. The summed E-state index contributed by atoms with van der Waals surface area (Å²) in [6.07, 6.45) is 1.22. The number of nitrogens with one attached hydrogen (secondary N) is 1. The molecule has 0 aromatic heterocycles. The maximum atomic E-state index is 5.36. The zero-order chi connectivity index (χ0) is 11.3. The normalized spacial score (nSPS) is 24.0. The van der Waals surface area contributed by atoms with E-state index in [9.17, 15) is 0 Å². The first-order valence-corrected chi connectivity index (χ1v) is 6.06.